The standard InChI is InChI=1S/C10H10N4O6/c1-13(11-19)7-3-6(10(17)18)8(14(2)12-20)4-5(7)9(15)16/h3-4H,1-2H3,(H,15,16)(H,17,18). The minimum Gasteiger partial charge on any atom is -0.478 e. The summed E-state index contributed by atoms with van der Waals surface area (Å²) >= 11 is 0. The molecule has 0 amide bonds. The van der Waals surface area contributed by atoms with Crippen LogP contribution in [0.15, 0.2) is 22.7 Å². The van der Waals surface area contributed by atoms with Crippen molar-refractivity contribution in [3.63, 3.8) is 0 Å². The smallest absolute Gasteiger partial charge is 0.337 e. The summed E-state index contributed by atoms with van der Waals surface area (Å²) in [5.41, 5.74) is -1.20. The van der Waals surface area contributed by atoms with Crippen LogP contribution in [0.2, 0.25) is 0 Å². The number of nitroso groups, excluding NO2 is 2. The van der Waals surface area contributed by atoms with Crippen molar-refractivity contribution in [2.45, 2.75) is 0 Å². The Balaban J connectivity index is 3.67. The van der Waals surface area contributed by atoms with Crippen molar-refractivity contribution in [1.29, 1.82) is 0 Å². The van der Waals surface area contributed by atoms with Gasteiger partial charge in [0.2, 0.25) is 0 Å². The van der Waals surface area contributed by atoms with Gasteiger partial charge < -0.3 is 10.2 Å². The number of hydrogen-bond acceptors (Lipinski definition) is 6. The van der Waals surface area contributed by atoms with E-state index in [4.69, 9.17) is 10.2 Å². The van der Waals surface area contributed by atoms with Gasteiger partial charge in [0.1, 0.15) is 0 Å². The van der Waals surface area contributed by atoms with E-state index >= 15 is 0 Å². The van der Waals surface area contributed by atoms with Gasteiger partial charge in [-0.25, -0.2) is 19.6 Å². The fraction of sp³-hybridized carbons (Fsp3) is 0.200. The van der Waals surface area contributed by atoms with E-state index in [9.17, 15) is 19.4 Å². The van der Waals surface area contributed by atoms with Gasteiger partial charge in [-0.2, -0.15) is 0 Å². The molecule has 0 spiro atoms. The summed E-state index contributed by atoms with van der Waals surface area (Å²) in [7, 11) is 2.34. The molecule has 0 unspecified atom stereocenters. The van der Waals surface area contributed by atoms with Gasteiger partial charge in [0, 0.05) is 14.1 Å². The minimum atomic E-state index is -1.41. The van der Waals surface area contributed by atoms with Gasteiger partial charge >= 0.3 is 11.9 Å². The topological polar surface area (TPSA) is 140 Å². The van der Waals surface area contributed by atoms with Gasteiger partial charge in [0.15, 0.2) is 0 Å². The number of nitrogens with zero attached hydrogens (tertiary/aromatic N) is 4. The van der Waals surface area contributed by atoms with Crippen molar-refractivity contribution in [2.75, 3.05) is 24.1 Å². The van der Waals surface area contributed by atoms with Crippen molar-refractivity contribution in [2.24, 2.45) is 10.6 Å². The summed E-state index contributed by atoms with van der Waals surface area (Å²) in [6, 6.07) is 1.87. The van der Waals surface area contributed by atoms with Crippen LogP contribution < -0.4 is 10.0 Å². The number of carboxylic acid groups (broad SMARTS) is 2. The Morgan fingerprint density at radius 2 is 1.20 bits per heavy atom. The highest BCUT2D eigenvalue weighted by molar-refractivity contribution is 6.02. The van der Waals surface area contributed by atoms with E-state index in [1.807, 2.05) is 0 Å². The van der Waals surface area contributed by atoms with Crippen LogP contribution in [-0.4, -0.2) is 36.2 Å². The van der Waals surface area contributed by atoms with E-state index < -0.39 is 11.9 Å². The van der Waals surface area contributed by atoms with Crippen LogP contribution >= 0.6 is 0 Å². The first-order valence-electron chi connectivity index (χ1n) is 5.12. The summed E-state index contributed by atoms with van der Waals surface area (Å²) in [5, 5.41) is 24.5. The first kappa shape index (κ1) is 15.0. The molecule has 1 aromatic carbocycles. The summed E-state index contributed by atoms with van der Waals surface area (Å²) in [4.78, 5) is 43.3. The third-order valence-corrected chi connectivity index (χ3v) is 2.52. The Bertz CT molecular complexity index is 536. The number of benzene rings is 1. The molecule has 1 aromatic rings. The van der Waals surface area contributed by atoms with Crippen LogP contribution in [0.3, 0.4) is 0 Å². The lowest BCUT2D eigenvalue weighted by molar-refractivity contribution is 0.0682. The largest absolute Gasteiger partial charge is 0.478 e. The van der Waals surface area contributed by atoms with Crippen molar-refractivity contribution in [1.82, 2.24) is 0 Å². The average molecular weight is 282 g/mol. The molecule has 0 aliphatic heterocycles. The highest BCUT2D eigenvalue weighted by Crippen LogP contribution is 2.30. The maximum Gasteiger partial charge on any atom is 0.337 e. The summed E-state index contributed by atoms with van der Waals surface area (Å²) in [6.07, 6.45) is 0. The van der Waals surface area contributed by atoms with Crippen molar-refractivity contribution in [3.8, 4) is 0 Å². The fourth-order valence-corrected chi connectivity index (χ4v) is 1.54. The van der Waals surface area contributed by atoms with Crippen LogP contribution in [0, 0.1) is 9.81 Å². The van der Waals surface area contributed by atoms with Crippen molar-refractivity contribution >= 4 is 23.3 Å². The molecule has 0 bridgehead atoms. The Morgan fingerprint density at radius 1 is 0.900 bits per heavy atom. The molecule has 0 heterocycles. The van der Waals surface area contributed by atoms with E-state index in [0.29, 0.717) is 10.0 Å². The molecule has 0 aliphatic rings. The Kier molecular flexibility index (Phi) is 4.31. The predicted molar refractivity (Wildman–Crippen MR) is 68.8 cm³/mol. The zero-order valence-corrected chi connectivity index (χ0v) is 10.5. The second-order valence-electron chi connectivity index (χ2n) is 3.71. The molecule has 0 aliphatic carbocycles. The Labute approximate surface area is 112 Å². The van der Waals surface area contributed by atoms with Crippen LogP contribution in [-0.2, 0) is 0 Å². The van der Waals surface area contributed by atoms with Gasteiger partial charge in [0.25, 0.3) is 0 Å². The Hall–Kier alpha value is -3.04. The normalized spacial score (nSPS) is 9.70. The lowest BCUT2D eigenvalue weighted by Crippen LogP contribution is -2.18. The van der Waals surface area contributed by atoms with Gasteiger partial charge in [-0.15, -0.1) is 9.81 Å². The number of anilines is 2. The number of aromatic carboxylic acids is 2. The minimum absolute atomic E-state index is 0.215. The first-order valence-corrected chi connectivity index (χ1v) is 5.12. The first-order chi connectivity index (χ1) is 9.33. The SMILES string of the molecule is CN(N=O)c1cc(C(=O)O)c(N(C)N=O)cc1C(=O)O. The maximum absolute atomic E-state index is 11.1. The molecule has 10 heteroatoms. The van der Waals surface area contributed by atoms with Crippen LogP contribution in [0.4, 0.5) is 11.4 Å². The Morgan fingerprint density at radius 3 is 1.40 bits per heavy atom. The fourth-order valence-electron chi connectivity index (χ4n) is 1.54. The molecule has 10 nitrogen and oxygen atoms in total. The molecule has 0 saturated heterocycles. The average Bonchev–Trinajstić information content (AvgIpc) is 2.43. The predicted octanol–water partition coefficient (Wildman–Crippen LogP) is 1.32. The molecule has 0 aromatic heterocycles. The molecule has 106 valence electrons. The highest BCUT2D eigenvalue weighted by atomic mass is 16.4. The molecule has 0 fully saturated rings. The molecule has 2 N–H and O–H groups in total. The monoisotopic (exact) mass is 282 g/mol. The van der Waals surface area contributed by atoms with E-state index in [-0.39, 0.29) is 22.5 Å². The van der Waals surface area contributed by atoms with Gasteiger partial charge in [-0.3, -0.25) is 0 Å². The van der Waals surface area contributed by atoms with Gasteiger partial charge in [0.05, 0.1) is 33.1 Å². The third-order valence-electron chi connectivity index (χ3n) is 2.52. The van der Waals surface area contributed by atoms with E-state index in [1.54, 1.807) is 0 Å². The number of carbonyl (C=O) groups is 2. The third kappa shape index (κ3) is 2.68. The molecule has 0 atom stereocenters. The lowest BCUT2D eigenvalue weighted by atomic mass is 10.1. The van der Waals surface area contributed by atoms with E-state index in [1.165, 1.54) is 14.1 Å². The zero-order valence-electron chi connectivity index (χ0n) is 10.5. The second kappa shape index (κ2) is 5.73. The van der Waals surface area contributed by atoms with Crippen LogP contribution in [0.1, 0.15) is 20.7 Å². The highest BCUT2D eigenvalue weighted by Gasteiger charge is 2.23. The maximum atomic E-state index is 11.1. The van der Waals surface area contributed by atoms with Gasteiger partial charge in [-0.1, -0.05) is 0 Å². The summed E-state index contributed by atoms with van der Waals surface area (Å²) in [6.45, 7) is 0. The van der Waals surface area contributed by atoms with Crippen molar-refractivity contribution < 1.29 is 19.8 Å². The molecule has 0 radical (unpaired) electrons. The molecular formula is C10H10N4O6. The molecular weight excluding hydrogens is 272 g/mol. The van der Waals surface area contributed by atoms with E-state index in [2.05, 4.69) is 10.6 Å². The van der Waals surface area contributed by atoms with E-state index in [0.717, 1.165) is 12.1 Å². The lowest BCUT2D eigenvalue weighted by Gasteiger charge is -2.18. The number of hydrogen-bond donors (Lipinski definition) is 2. The van der Waals surface area contributed by atoms with Crippen LogP contribution in [0.25, 0.3) is 0 Å². The number of carboxylic acids is 2. The van der Waals surface area contributed by atoms with Gasteiger partial charge in [-0.05, 0) is 12.1 Å². The summed E-state index contributed by atoms with van der Waals surface area (Å²) < 4.78 is 0. The molecule has 1 rings (SSSR count). The summed E-state index contributed by atoms with van der Waals surface area (Å²) in [5.74, 6) is -2.82. The second-order valence-corrected chi connectivity index (χ2v) is 3.71. The van der Waals surface area contributed by atoms with Crippen molar-refractivity contribution in [3.05, 3.63) is 33.1 Å². The molecule has 20 heavy (non-hydrogen) atoms. The zero-order chi connectivity index (χ0) is 15.4. The number of rotatable bonds is 6. The van der Waals surface area contributed by atoms with Crippen LogP contribution in [0.5, 0.6) is 0 Å². The quantitative estimate of drug-likeness (QED) is 0.587. The molecule has 0 saturated carbocycles.